The van der Waals surface area contributed by atoms with Crippen LogP contribution in [0.5, 0.6) is 5.75 Å². The number of nitrogen functional groups attached to an aromatic ring is 1. The molecule has 0 bridgehead atoms. The van der Waals surface area contributed by atoms with Gasteiger partial charge in [-0.3, -0.25) is 4.79 Å². The molecule has 0 radical (unpaired) electrons. The normalized spacial score (nSPS) is 15.2. The van der Waals surface area contributed by atoms with Gasteiger partial charge in [0.25, 0.3) is 0 Å². The molecule has 0 fully saturated rings. The average Bonchev–Trinajstić information content (AvgIpc) is 2.80. The summed E-state index contributed by atoms with van der Waals surface area (Å²) in [5.41, 5.74) is 17.6. The average molecular weight is 397 g/mol. The number of benzene rings is 2. The van der Waals surface area contributed by atoms with Crippen LogP contribution in [0, 0.1) is 0 Å². The van der Waals surface area contributed by atoms with Crippen LogP contribution in [0.25, 0.3) is 22.5 Å². The number of hydrogen-bond donors (Lipinski definition) is 2. The fourth-order valence-corrected chi connectivity index (χ4v) is 3.44. The van der Waals surface area contributed by atoms with E-state index in [2.05, 4.69) is 6.08 Å². The summed E-state index contributed by atoms with van der Waals surface area (Å²) in [5.74, 6) is 0.798. The molecule has 0 aliphatic heterocycles. The van der Waals surface area contributed by atoms with Gasteiger partial charge in [-0.1, -0.05) is 42.5 Å². The third kappa shape index (κ3) is 4.16. The highest BCUT2D eigenvalue weighted by Gasteiger charge is 2.14. The SMILES string of the molecule is NCc1c(N)cc(-c2ccc(C=O)cc2)nc1-c1ccc(OC2C=CC=CC2)cc1. The summed E-state index contributed by atoms with van der Waals surface area (Å²) < 4.78 is 6.00. The van der Waals surface area contributed by atoms with Gasteiger partial charge in [0.05, 0.1) is 11.4 Å². The minimum absolute atomic E-state index is 0.0480. The lowest BCUT2D eigenvalue weighted by atomic mass is 10.0. The van der Waals surface area contributed by atoms with E-state index in [1.54, 1.807) is 12.1 Å². The van der Waals surface area contributed by atoms with Gasteiger partial charge in [-0.2, -0.15) is 0 Å². The number of aldehydes is 1. The second-order valence-electron chi connectivity index (χ2n) is 7.10. The Kier molecular flexibility index (Phi) is 5.72. The predicted octanol–water partition coefficient (Wildman–Crippen LogP) is 4.53. The number of nitrogens with two attached hydrogens (primary N) is 2. The summed E-state index contributed by atoms with van der Waals surface area (Å²) in [6.45, 7) is 0.288. The van der Waals surface area contributed by atoms with Crippen molar-refractivity contribution in [2.45, 2.75) is 19.1 Å². The number of anilines is 1. The first-order valence-electron chi connectivity index (χ1n) is 9.83. The van der Waals surface area contributed by atoms with Crippen molar-refractivity contribution in [1.29, 1.82) is 0 Å². The van der Waals surface area contributed by atoms with Crippen molar-refractivity contribution in [3.05, 3.63) is 90.0 Å². The molecule has 0 saturated carbocycles. The van der Waals surface area contributed by atoms with Crippen LogP contribution in [0.1, 0.15) is 22.3 Å². The van der Waals surface area contributed by atoms with Crippen molar-refractivity contribution >= 4 is 12.0 Å². The third-order valence-corrected chi connectivity index (χ3v) is 5.06. The van der Waals surface area contributed by atoms with E-state index < -0.39 is 0 Å². The molecule has 3 aromatic rings. The summed E-state index contributed by atoms with van der Waals surface area (Å²) in [4.78, 5) is 15.8. The molecule has 150 valence electrons. The van der Waals surface area contributed by atoms with Crippen molar-refractivity contribution in [2.75, 3.05) is 5.73 Å². The molecule has 4 rings (SSSR count). The second-order valence-corrected chi connectivity index (χ2v) is 7.10. The molecule has 0 amide bonds. The Morgan fingerprint density at radius 1 is 1.03 bits per heavy atom. The molecular formula is C25H23N3O2. The first-order valence-corrected chi connectivity index (χ1v) is 9.83. The van der Waals surface area contributed by atoms with Crippen LogP contribution >= 0.6 is 0 Å². The molecule has 4 N–H and O–H groups in total. The van der Waals surface area contributed by atoms with Gasteiger partial charge in [0, 0.05) is 40.9 Å². The van der Waals surface area contributed by atoms with Crippen LogP contribution in [0.3, 0.4) is 0 Å². The number of nitrogens with zero attached hydrogens (tertiary/aromatic N) is 1. The van der Waals surface area contributed by atoms with Crippen molar-refractivity contribution < 1.29 is 9.53 Å². The Morgan fingerprint density at radius 2 is 1.77 bits per heavy atom. The van der Waals surface area contributed by atoms with E-state index >= 15 is 0 Å². The van der Waals surface area contributed by atoms with Crippen LogP contribution in [0.4, 0.5) is 5.69 Å². The number of hydrogen-bond acceptors (Lipinski definition) is 5. The number of ether oxygens (including phenoxy) is 1. The molecule has 1 aliphatic rings. The maximum Gasteiger partial charge on any atom is 0.150 e. The highest BCUT2D eigenvalue weighted by molar-refractivity contribution is 5.79. The summed E-state index contributed by atoms with van der Waals surface area (Å²) in [5, 5.41) is 0. The molecule has 30 heavy (non-hydrogen) atoms. The van der Waals surface area contributed by atoms with Crippen molar-refractivity contribution in [3.63, 3.8) is 0 Å². The molecule has 1 unspecified atom stereocenters. The summed E-state index contributed by atoms with van der Waals surface area (Å²) in [7, 11) is 0. The van der Waals surface area contributed by atoms with Gasteiger partial charge in [0.2, 0.25) is 0 Å². The quantitative estimate of drug-likeness (QED) is 0.596. The van der Waals surface area contributed by atoms with Crippen LogP contribution < -0.4 is 16.2 Å². The Bertz CT molecular complexity index is 1100. The van der Waals surface area contributed by atoms with Gasteiger partial charge in [0.1, 0.15) is 18.1 Å². The summed E-state index contributed by atoms with van der Waals surface area (Å²) in [6, 6.07) is 16.9. The number of rotatable bonds is 6. The molecule has 2 aromatic carbocycles. The molecule has 1 aliphatic carbocycles. The lowest BCUT2D eigenvalue weighted by Crippen LogP contribution is -2.13. The van der Waals surface area contributed by atoms with Gasteiger partial charge in [-0.25, -0.2) is 4.98 Å². The topological polar surface area (TPSA) is 91.2 Å². The fourth-order valence-electron chi connectivity index (χ4n) is 3.44. The Balaban J connectivity index is 1.66. The number of carbonyl (C=O) groups excluding carboxylic acids is 1. The van der Waals surface area contributed by atoms with Crippen LogP contribution in [0.15, 0.2) is 78.9 Å². The Morgan fingerprint density at radius 3 is 2.40 bits per heavy atom. The zero-order chi connectivity index (χ0) is 20.9. The zero-order valence-electron chi connectivity index (χ0n) is 16.5. The van der Waals surface area contributed by atoms with E-state index in [1.165, 1.54) is 0 Å². The van der Waals surface area contributed by atoms with Crippen LogP contribution in [-0.2, 0) is 6.54 Å². The maximum absolute atomic E-state index is 10.9. The van der Waals surface area contributed by atoms with Crippen molar-refractivity contribution in [3.8, 4) is 28.3 Å². The van der Waals surface area contributed by atoms with Gasteiger partial charge in [0.15, 0.2) is 0 Å². The molecule has 1 aromatic heterocycles. The number of pyridine rings is 1. The Hall–Kier alpha value is -3.70. The van der Waals surface area contributed by atoms with Gasteiger partial charge in [-0.05, 0) is 36.4 Å². The van der Waals surface area contributed by atoms with Gasteiger partial charge in [-0.15, -0.1) is 0 Å². The Labute approximate surface area is 175 Å². The third-order valence-electron chi connectivity index (χ3n) is 5.06. The number of carbonyl (C=O) groups is 1. The largest absolute Gasteiger partial charge is 0.486 e. The van der Waals surface area contributed by atoms with Gasteiger partial charge < -0.3 is 16.2 Å². The van der Waals surface area contributed by atoms with Crippen LogP contribution in [-0.4, -0.2) is 17.4 Å². The van der Waals surface area contributed by atoms with E-state index in [0.29, 0.717) is 11.3 Å². The van der Waals surface area contributed by atoms with E-state index in [-0.39, 0.29) is 12.6 Å². The number of allylic oxidation sites excluding steroid dienone is 2. The van der Waals surface area contributed by atoms with Crippen LogP contribution in [0.2, 0.25) is 0 Å². The maximum atomic E-state index is 10.9. The van der Waals surface area contributed by atoms with E-state index in [1.807, 2.05) is 60.7 Å². The monoisotopic (exact) mass is 397 g/mol. The van der Waals surface area contributed by atoms with E-state index in [9.17, 15) is 4.79 Å². The standard InChI is InChI=1S/C25H23N3O2/c26-15-22-23(27)14-24(18-8-6-17(16-29)7-9-18)28-25(22)19-10-12-21(13-11-19)30-20-4-2-1-3-5-20/h1-4,6-14,16,20H,5,15,26H2,(H2,27,28). The zero-order valence-corrected chi connectivity index (χ0v) is 16.5. The predicted molar refractivity (Wildman–Crippen MR) is 120 cm³/mol. The fraction of sp³-hybridized carbons (Fsp3) is 0.120. The van der Waals surface area contributed by atoms with Crippen molar-refractivity contribution in [1.82, 2.24) is 4.98 Å². The molecule has 5 nitrogen and oxygen atoms in total. The van der Waals surface area contributed by atoms with Gasteiger partial charge >= 0.3 is 0 Å². The van der Waals surface area contributed by atoms with E-state index in [4.69, 9.17) is 21.2 Å². The highest BCUT2D eigenvalue weighted by atomic mass is 16.5. The number of aromatic nitrogens is 1. The second kappa shape index (κ2) is 8.76. The molecule has 0 saturated heterocycles. The summed E-state index contributed by atoms with van der Waals surface area (Å²) in [6.07, 6.45) is 9.87. The lowest BCUT2D eigenvalue weighted by molar-refractivity contribution is 0.112. The van der Waals surface area contributed by atoms with E-state index in [0.717, 1.165) is 46.5 Å². The first kappa shape index (κ1) is 19.6. The molecule has 5 heteroatoms. The molecule has 1 heterocycles. The lowest BCUT2D eigenvalue weighted by Gasteiger charge is -2.17. The molecule has 1 atom stereocenters. The minimum Gasteiger partial charge on any atom is -0.486 e. The first-order chi connectivity index (χ1) is 14.7. The summed E-state index contributed by atoms with van der Waals surface area (Å²) >= 11 is 0. The highest BCUT2D eigenvalue weighted by Crippen LogP contribution is 2.32. The molecule has 0 spiro atoms. The van der Waals surface area contributed by atoms with Crippen molar-refractivity contribution in [2.24, 2.45) is 5.73 Å². The minimum atomic E-state index is 0.0480. The molecular weight excluding hydrogens is 374 g/mol. The smallest absolute Gasteiger partial charge is 0.150 e.